The van der Waals surface area contributed by atoms with Crippen LogP contribution in [0.1, 0.15) is 71.1 Å². The lowest BCUT2D eigenvalue weighted by Crippen LogP contribution is -2.58. The van der Waals surface area contributed by atoms with Crippen molar-refractivity contribution in [2.75, 3.05) is 11.9 Å². The first-order chi connectivity index (χ1) is 16.6. The molecule has 5 aliphatic rings. The van der Waals surface area contributed by atoms with Gasteiger partial charge in [0.25, 0.3) is 5.91 Å². The Kier molecular flexibility index (Phi) is 6.06. The van der Waals surface area contributed by atoms with Crippen LogP contribution in [0.15, 0.2) is 24.3 Å². The van der Waals surface area contributed by atoms with Gasteiger partial charge in [0.2, 0.25) is 0 Å². The minimum absolute atomic E-state index is 0.287. The summed E-state index contributed by atoms with van der Waals surface area (Å²) in [4.78, 5) is 13.6. The van der Waals surface area contributed by atoms with Crippen LogP contribution in [0.4, 0.5) is 5.69 Å². The summed E-state index contributed by atoms with van der Waals surface area (Å²) in [5.41, 5.74) is 0.607. The Balaban J connectivity index is 1.27. The standard InChI is InChI=1S/C26H35NO7/c1-2-29-18-12-6-5-11-17(18)27-23(28)21-19-20(32-25(31-19)13-7-3-8-14-25)22-24(30-21)34-26(33-22)15-9-4-10-16-26/h5-6,11-12,19-22,24H,2-4,7-10,13-16H2,1H3,(H,27,28)/t19-,20-,21+,22-,24+/m0/s1. The van der Waals surface area contributed by atoms with Gasteiger partial charge in [-0.05, 0) is 44.7 Å². The number of carbonyl (C=O) groups is 1. The van der Waals surface area contributed by atoms with E-state index in [-0.39, 0.29) is 5.91 Å². The van der Waals surface area contributed by atoms with E-state index in [0.717, 1.165) is 51.4 Å². The minimum Gasteiger partial charge on any atom is -0.492 e. The molecule has 1 aromatic carbocycles. The lowest BCUT2D eigenvalue weighted by Gasteiger charge is -2.36. The van der Waals surface area contributed by atoms with Crippen LogP contribution in [0.25, 0.3) is 0 Å². The van der Waals surface area contributed by atoms with Gasteiger partial charge in [0, 0.05) is 25.7 Å². The van der Waals surface area contributed by atoms with Crippen molar-refractivity contribution in [2.45, 2.75) is 113 Å². The smallest absolute Gasteiger partial charge is 0.256 e. The molecule has 2 aliphatic carbocycles. The third kappa shape index (κ3) is 4.03. The number of anilines is 1. The molecule has 5 fully saturated rings. The van der Waals surface area contributed by atoms with Crippen molar-refractivity contribution in [3.05, 3.63) is 24.3 Å². The van der Waals surface area contributed by atoms with Crippen molar-refractivity contribution >= 4 is 11.6 Å². The molecule has 2 spiro atoms. The van der Waals surface area contributed by atoms with Crippen molar-refractivity contribution in [1.29, 1.82) is 0 Å². The third-order valence-corrected chi connectivity index (χ3v) is 7.81. The molecule has 1 N–H and O–H groups in total. The first kappa shape index (κ1) is 22.7. The van der Waals surface area contributed by atoms with Crippen LogP contribution in [0, 0.1) is 0 Å². The highest BCUT2D eigenvalue weighted by atomic mass is 16.9. The highest BCUT2D eigenvalue weighted by Gasteiger charge is 2.65. The number of nitrogens with one attached hydrogen (secondary N) is 1. The van der Waals surface area contributed by atoms with E-state index in [9.17, 15) is 4.79 Å². The molecule has 0 aromatic heterocycles. The van der Waals surface area contributed by atoms with Crippen molar-refractivity contribution in [3.8, 4) is 5.75 Å². The highest BCUT2D eigenvalue weighted by Crippen LogP contribution is 2.51. The van der Waals surface area contributed by atoms with Gasteiger partial charge in [-0.1, -0.05) is 25.0 Å². The van der Waals surface area contributed by atoms with Crippen LogP contribution >= 0.6 is 0 Å². The van der Waals surface area contributed by atoms with E-state index in [0.29, 0.717) is 18.0 Å². The summed E-state index contributed by atoms with van der Waals surface area (Å²) in [6.07, 6.45) is 7.02. The molecule has 6 rings (SSSR count). The van der Waals surface area contributed by atoms with E-state index in [4.69, 9.17) is 28.4 Å². The van der Waals surface area contributed by atoms with Crippen molar-refractivity contribution in [1.82, 2.24) is 0 Å². The first-order valence-electron chi connectivity index (χ1n) is 13.0. The molecule has 0 unspecified atom stereocenters. The van der Waals surface area contributed by atoms with E-state index >= 15 is 0 Å². The summed E-state index contributed by atoms with van der Waals surface area (Å²) >= 11 is 0. The van der Waals surface area contributed by atoms with Gasteiger partial charge in [0.15, 0.2) is 24.0 Å². The summed E-state index contributed by atoms with van der Waals surface area (Å²) in [7, 11) is 0. The quantitative estimate of drug-likeness (QED) is 0.699. The Morgan fingerprint density at radius 2 is 1.50 bits per heavy atom. The topological polar surface area (TPSA) is 84.5 Å². The normalized spacial score (nSPS) is 35.6. The highest BCUT2D eigenvalue weighted by molar-refractivity contribution is 5.96. The van der Waals surface area contributed by atoms with Crippen LogP contribution in [-0.2, 0) is 28.5 Å². The molecule has 186 valence electrons. The maximum absolute atomic E-state index is 13.6. The molecule has 1 amide bonds. The Hall–Kier alpha value is -1.71. The second kappa shape index (κ2) is 9.06. The Morgan fingerprint density at radius 1 is 0.882 bits per heavy atom. The minimum atomic E-state index is -0.871. The fourth-order valence-electron chi connectivity index (χ4n) is 6.22. The number of para-hydroxylation sites is 2. The summed E-state index contributed by atoms with van der Waals surface area (Å²) < 4.78 is 38.1. The predicted molar refractivity (Wildman–Crippen MR) is 122 cm³/mol. The fourth-order valence-corrected chi connectivity index (χ4v) is 6.22. The van der Waals surface area contributed by atoms with E-state index < -0.39 is 42.3 Å². The molecule has 1 aromatic rings. The van der Waals surface area contributed by atoms with Crippen molar-refractivity contribution in [2.24, 2.45) is 0 Å². The van der Waals surface area contributed by atoms with Crippen LogP contribution in [-0.4, -0.2) is 54.8 Å². The molecule has 34 heavy (non-hydrogen) atoms. The predicted octanol–water partition coefficient (Wildman–Crippen LogP) is 4.27. The second-order valence-corrected chi connectivity index (χ2v) is 10.2. The number of benzene rings is 1. The molecule has 8 heteroatoms. The number of hydrogen-bond donors (Lipinski definition) is 1. The summed E-state index contributed by atoms with van der Waals surface area (Å²) in [6.45, 7) is 2.42. The zero-order valence-corrected chi connectivity index (χ0v) is 19.8. The number of amides is 1. The summed E-state index contributed by atoms with van der Waals surface area (Å²) in [6, 6.07) is 7.41. The van der Waals surface area contributed by atoms with Crippen molar-refractivity contribution in [3.63, 3.8) is 0 Å². The molecular formula is C26H35NO7. The maximum Gasteiger partial charge on any atom is 0.256 e. The SMILES string of the molecule is CCOc1ccccc1NC(=O)[C@@H]1O[C@@H]2OC3(CCCCC3)O[C@H]2[C@H]2OC3(CCCCC3)O[C@@H]21. The molecule has 2 saturated carbocycles. The van der Waals surface area contributed by atoms with Gasteiger partial charge in [-0.25, -0.2) is 0 Å². The Bertz CT molecular complexity index is 895. The van der Waals surface area contributed by atoms with Gasteiger partial charge < -0.3 is 33.7 Å². The van der Waals surface area contributed by atoms with E-state index in [1.165, 1.54) is 12.8 Å². The monoisotopic (exact) mass is 473 g/mol. The molecule has 0 radical (unpaired) electrons. The Morgan fingerprint density at radius 3 is 2.21 bits per heavy atom. The van der Waals surface area contributed by atoms with E-state index in [1.807, 2.05) is 31.2 Å². The van der Waals surface area contributed by atoms with Gasteiger partial charge in [0.05, 0.1) is 12.3 Å². The zero-order valence-electron chi connectivity index (χ0n) is 19.8. The summed E-state index contributed by atoms with van der Waals surface area (Å²) in [5, 5.41) is 3.00. The molecule has 8 nitrogen and oxygen atoms in total. The second-order valence-electron chi connectivity index (χ2n) is 10.2. The number of hydrogen-bond acceptors (Lipinski definition) is 7. The third-order valence-electron chi connectivity index (χ3n) is 7.81. The lowest BCUT2D eigenvalue weighted by atomic mass is 9.94. The fraction of sp³-hybridized carbons (Fsp3) is 0.731. The summed E-state index contributed by atoms with van der Waals surface area (Å²) in [5.74, 6) is -0.974. The van der Waals surface area contributed by atoms with Gasteiger partial charge in [-0.2, -0.15) is 0 Å². The van der Waals surface area contributed by atoms with Crippen molar-refractivity contribution < 1.29 is 33.2 Å². The van der Waals surface area contributed by atoms with E-state index in [1.54, 1.807) is 0 Å². The van der Waals surface area contributed by atoms with Gasteiger partial charge in [-0.3, -0.25) is 4.79 Å². The zero-order chi connectivity index (χ0) is 23.2. The maximum atomic E-state index is 13.6. The van der Waals surface area contributed by atoms with Crippen LogP contribution in [0.5, 0.6) is 5.75 Å². The lowest BCUT2D eigenvalue weighted by molar-refractivity contribution is -0.246. The van der Waals surface area contributed by atoms with E-state index in [2.05, 4.69) is 5.32 Å². The molecule has 5 atom stereocenters. The average Bonchev–Trinajstić information content (AvgIpc) is 3.38. The molecule has 3 heterocycles. The van der Waals surface area contributed by atoms with Gasteiger partial charge in [-0.15, -0.1) is 0 Å². The largest absolute Gasteiger partial charge is 0.492 e. The Labute approximate surface area is 200 Å². The number of rotatable bonds is 4. The molecule has 0 bridgehead atoms. The first-order valence-corrected chi connectivity index (χ1v) is 13.0. The van der Waals surface area contributed by atoms with Crippen LogP contribution in [0.3, 0.4) is 0 Å². The number of fused-ring (bicyclic) bond motifs is 3. The molecular weight excluding hydrogens is 438 g/mol. The van der Waals surface area contributed by atoms with Crippen LogP contribution < -0.4 is 10.1 Å². The number of carbonyl (C=O) groups excluding carboxylic acids is 1. The molecule has 3 saturated heterocycles. The van der Waals surface area contributed by atoms with Crippen LogP contribution in [0.2, 0.25) is 0 Å². The van der Waals surface area contributed by atoms with Gasteiger partial charge in [0.1, 0.15) is 24.1 Å². The number of ether oxygens (including phenoxy) is 6. The molecule has 3 aliphatic heterocycles. The van der Waals surface area contributed by atoms with Gasteiger partial charge >= 0.3 is 0 Å². The average molecular weight is 474 g/mol.